The number of benzene rings is 1. The molecule has 0 radical (unpaired) electrons. The van der Waals surface area contributed by atoms with Crippen molar-refractivity contribution in [2.75, 3.05) is 11.9 Å². The second kappa shape index (κ2) is 5.88. The summed E-state index contributed by atoms with van der Waals surface area (Å²) in [7, 11) is 0. The minimum Gasteiger partial charge on any atom is -0.491 e. The molecule has 0 spiro atoms. The first kappa shape index (κ1) is 13.5. The van der Waals surface area contributed by atoms with E-state index >= 15 is 0 Å². The van der Waals surface area contributed by atoms with Crippen LogP contribution in [0.25, 0.3) is 0 Å². The van der Waals surface area contributed by atoms with Gasteiger partial charge < -0.3 is 10.1 Å². The summed E-state index contributed by atoms with van der Waals surface area (Å²) in [5.74, 6) is 1.66. The molecule has 0 saturated carbocycles. The highest BCUT2D eigenvalue weighted by atomic mass is 32.1. The topological polar surface area (TPSA) is 21.3 Å². The normalized spacial score (nSPS) is 17.6. The van der Waals surface area contributed by atoms with Crippen LogP contribution in [-0.2, 0) is 12.8 Å². The van der Waals surface area contributed by atoms with Crippen molar-refractivity contribution in [1.29, 1.82) is 0 Å². The summed E-state index contributed by atoms with van der Waals surface area (Å²) < 4.78 is 5.80. The molecule has 0 fully saturated rings. The van der Waals surface area contributed by atoms with Crippen LogP contribution in [0.15, 0.2) is 35.7 Å². The van der Waals surface area contributed by atoms with Crippen molar-refractivity contribution in [3.05, 3.63) is 46.2 Å². The van der Waals surface area contributed by atoms with Gasteiger partial charge in [0, 0.05) is 17.1 Å². The van der Waals surface area contributed by atoms with Crippen LogP contribution >= 0.6 is 11.3 Å². The van der Waals surface area contributed by atoms with Gasteiger partial charge >= 0.3 is 0 Å². The Kier molecular flexibility index (Phi) is 3.97. The number of thiophene rings is 1. The van der Waals surface area contributed by atoms with Gasteiger partial charge in [-0.3, -0.25) is 0 Å². The molecule has 1 aromatic carbocycles. The highest BCUT2D eigenvalue weighted by Crippen LogP contribution is 2.30. The zero-order valence-corrected chi connectivity index (χ0v) is 12.9. The summed E-state index contributed by atoms with van der Waals surface area (Å²) in [6, 6.07) is 10.8. The van der Waals surface area contributed by atoms with Crippen LogP contribution in [0.3, 0.4) is 0 Å². The Bertz CT molecular complexity index is 562. The lowest BCUT2D eigenvalue weighted by atomic mass is 9.91. The van der Waals surface area contributed by atoms with E-state index < -0.39 is 0 Å². The molecule has 1 aromatic heterocycles. The van der Waals surface area contributed by atoms with E-state index in [1.54, 1.807) is 0 Å². The lowest BCUT2D eigenvalue weighted by Crippen LogP contribution is -2.24. The standard InChI is InChI=1S/C17H21NOS/c1-12(2)19-15-5-6-17-14(10-15)8-13(11-18-17)9-16-4-3-7-20-16/h3-7,10,12-13,18H,8-9,11H2,1-2H3. The van der Waals surface area contributed by atoms with Crippen LogP contribution in [0.5, 0.6) is 5.75 Å². The van der Waals surface area contributed by atoms with E-state index in [9.17, 15) is 0 Å². The fourth-order valence-electron chi connectivity index (χ4n) is 2.75. The van der Waals surface area contributed by atoms with Crippen LogP contribution in [0, 0.1) is 5.92 Å². The smallest absolute Gasteiger partial charge is 0.120 e. The molecule has 20 heavy (non-hydrogen) atoms. The molecule has 1 unspecified atom stereocenters. The summed E-state index contributed by atoms with van der Waals surface area (Å²) >= 11 is 1.86. The number of anilines is 1. The predicted molar refractivity (Wildman–Crippen MR) is 85.9 cm³/mol. The number of rotatable bonds is 4. The van der Waals surface area contributed by atoms with Crippen molar-refractivity contribution in [3.8, 4) is 5.75 Å². The molecule has 1 N–H and O–H groups in total. The van der Waals surface area contributed by atoms with Gasteiger partial charge in [-0.05, 0) is 67.8 Å². The van der Waals surface area contributed by atoms with Crippen molar-refractivity contribution in [3.63, 3.8) is 0 Å². The van der Waals surface area contributed by atoms with E-state index in [0.29, 0.717) is 5.92 Å². The minimum atomic E-state index is 0.228. The van der Waals surface area contributed by atoms with Gasteiger partial charge in [0.05, 0.1) is 6.10 Å². The van der Waals surface area contributed by atoms with Crippen molar-refractivity contribution in [2.24, 2.45) is 5.92 Å². The lowest BCUT2D eigenvalue weighted by molar-refractivity contribution is 0.242. The molecule has 3 heteroatoms. The minimum absolute atomic E-state index is 0.228. The molecule has 106 valence electrons. The van der Waals surface area contributed by atoms with Crippen LogP contribution in [0.4, 0.5) is 5.69 Å². The van der Waals surface area contributed by atoms with Crippen LogP contribution in [0.2, 0.25) is 0 Å². The quantitative estimate of drug-likeness (QED) is 0.902. The third kappa shape index (κ3) is 3.15. The summed E-state index contributed by atoms with van der Waals surface area (Å²) in [5, 5.41) is 5.72. The van der Waals surface area contributed by atoms with E-state index in [1.807, 2.05) is 11.3 Å². The number of ether oxygens (including phenoxy) is 1. The zero-order valence-electron chi connectivity index (χ0n) is 12.1. The van der Waals surface area contributed by atoms with Gasteiger partial charge in [-0.1, -0.05) is 6.07 Å². The van der Waals surface area contributed by atoms with E-state index in [1.165, 1.54) is 22.5 Å². The summed E-state index contributed by atoms with van der Waals surface area (Å²) in [6.45, 7) is 5.20. The van der Waals surface area contributed by atoms with E-state index in [4.69, 9.17) is 4.74 Å². The SMILES string of the molecule is CC(C)Oc1ccc2c(c1)CC(Cc1cccs1)CN2. The molecular weight excluding hydrogens is 266 g/mol. The monoisotopic (exact) mass is 287 g/mol. The van der Waals surface area contributed by atoms with Crippen LogP contribution in [-0.4, -0.2) is 12.6 Å². The lowest BCUT2D eigenvalue weighted by Gasteiger charge is -2.26. The Morgan fingerprint density at radius 3 is 3.00 bits per heavy atom. The molecule has 1 aliphatic heterocycles. The molecule has 1 atom stereocenters. The Hall–Kier alpha value is -1.48. The van der Waals surface area contributed by atoms with Crippen molar-refractivity contribution >= 4 is 17.0 Å². The van der Waals surface area contributed by atoms with E-state index in [-0.39, 0.29) is 6.10 Å². The van der Waals surface area contributed by atoms with E-state index in [0.717, 1.165) is 18.7 Å². The molecule has 2 aromatic rings. The van der Waals surface area contributed by atoms with Crippen molar-refractivity contribution < 1.29 is 4.74 Å². The van der Waals surface area contributed by atoms with Crippen LogP contribution < -0.4 is 10.1 Å². The van der Waals surface area contributed by atoms with Gasteiger partial charge in [0.25, 0.3) is 0 Å². The second-order valence-electron chi connectivity index (χ2n) is 5.72. The average molecular weight is 287 g/mol. The second-order valence-corrected chi connectivity index (χ2v) is 6.75. The highest BCUT2D eigenvalue weighted by Gasteiger charge is 2.19. The fourth-order valence-corrected chi connectivity index (χ4v) is 3.57. The molecule has 0 amide bonds. The Balaban J connectivity index is 1.72. The maximum atomic E-state index is 5.80. The van der Waals surface area contributed by atoms with Gasteiger partial charge in [-0.2, -0.15) is 0 Å². The Morgan fingerprint density at radius 2 is 2.25 bits per heavy atom. The first-order valence-corrected chi connectivity index (χ1v) is 8.14. The van der Waals surface area contributed by atoms with Crippen LogP contribution in [0.1, 0.15) is 24.3 Å². The van der Waals surface area contributed by atoms with Gasteiger partial charge in [-0.15, -0.1) is 11.3 Å². The molecular formula is C17H21NOS. The Labute approximate surface area is 124 Å². The third-order valence-electron chi connectivity index (χ3n) is 3.61. The fraction of sp³-hybridized carbons (Fsp3) is 0.412. The van der Waals surface area contributed by atoms with Gasteiger partial charge in [0.1, 0.15) is 5.75 Å². The average Bonchev–Trinajstić information content (AvgIpc) is 2.90. The summed E-state index contributed by atoms with van der Waals surface area (Å²) in [4.78, 5) is 1.48. The number of hydrogen-bond acceptors (Lipinski definition) is 3. The molecule has 0 bridgehead atoms. The summed E-state index contributed by atoms with van der Waals surface area (Å²) in [5.41, 5.74) is 2.65. The molecule has 2 heterocycles. The highest BCUT2D eigenvalue weighted by molar-refractivity contribution is 7.09. The number of hydrogen-bond donors (Lipinski definition) is 1. The first-order chi connectivity index (χ1) is 9.70. The molecule has 1 aliphatic rings. The van der Waals surface area contributed by atoms with Gasteiger partial charge in [-0.25, -0.2) is 0 Å². The molecule has 2 nitrogen and oxygen atoms in total. The largest absolute Gasteiger partial charge is 0.491 e. The first-order valence-electron chi connectivity index (χ1n) is 7.26. The van der Waals surface area contributed by atoms with Gasteiger partial charge in [0.15, 0.2) is 0 Å². The van der Waals surface area contributed by atoms with Gasteiger partial charge in [0.2, 0.25) is 0 Å². The molecule has 3 rings (SSSR count). The Morgan fingerprint density at radius 1 is 1.35 bits per heavy atom. The predicted octanol–water partition coefficient (Wildman–Crippen LogP) is 4.36. The number of nitrogens with one attached hydrogen (secondary N) is 1. The third-order valence-corrected chi connectivity index (χ3v) is 4.51. The van der Waals surface area contributed by atoms with E-state index in [2.05, 4.69) is 54.9 Å². The van der Waals surface area contributed by atoms with Crippen molar-refractivity contribution in [1.82, 2.24) is 0 Å². The zero-order chi connectivity index (χ0) is 13.9. The maximum Gasteiger partial charge on any atom is 0.120 e. The summed E-state index contributed by atoms with van der Waals surface area (Å²) in [6.07, 6.45) is 2.53. The molecule has 0 saturated heterocycles. The maximum absolute atomic E-state index is 5.80. The molecule has 0 aliphatic carbocycles. The van der Waals surface area contributed by atoms with Crippen molar-refractivity contribution in [2.45, 2.75) is 32.8 Å². The number of fused-ring (bicyclic) bond motifs is 1.